The maximum absolute atomic E-state index is 14.7. The fourth-order valence-electron chi connectivity index (χ4n) is 9.86. The molecule has 1 aliphatic carbocycles. The first-order valence-electron chi connectivity index (χ1n) is 23.9. The van der Waals surface area contributed by atoms with Gasteiger partial charge in [0.05, 0.1) is 5.41 Å². The van der Waals surface area contributed by atoms with Gasteiger partial charge < -0.3 is 18.9 Å². The number of esters is 2. The van der Waals surface area contributed by atoms with E-state index in [0.29, 0.717) is 37.2 Å². The second-order valence-electron chi connectivity index (χ2n) is 18.6. The molecule has 0 radical (unpaired) electrons. The highest BCUT2D eigenvalue weighted by atomic mass is 16.5. The zero-order chi connectivity index (χ0) is 45.3. The zero-order valence-electron chi connectivity index (χ0n) is 40.2. The van der Waals surface area contributed by atoms with Crippen LogP contribution in [0.1, 0.15) is 175 Å². The van der Waals surface area contributed by atoms with E-state index < -0.39 is 16.4 Å². The van der Waals surface area contributed by atoms with E-state index in [0.717, 1.165) is 85.1 Å². The standard InChI is InChI=1S/C56H76O6/c1-13-52(11,14-2)50(57)59-46-30-26-44(27-31-46)54(36-22-21-23-37-54)45-28-32-47(33-29-45)61-56(19-7,20-8)55(17-5,18-6)51(58)60-48-34-24-42(38-40(48)9)43-25-35-49(41(10)39-43)62-53(12,15-3)16-4/h24-35,38-39H,13-23,36-37H2,1-12H3. The van der Waals surface area contributed by atoms with Crippen molar-refractivity contribution < 1.29 is 28.5 Å². The van der Waals surface area contributed by atoms with Crippen LogP contribution >= 0.6 is 0 Å². The van der Waals surface area contributed by atoms with Crippen molar-refractivity contribution in [3.05, 3.63) is 107 Å². The van der Waals surface area contributed by atoms with Crippen molar-refractivity contribution in [3.8, 4) is 34.1 Å². The van der Waals surface area contributed by atoms with Gasteiger partial charge in [-0.1, -0.05) is 111 Å². The van der Waals surface area contributed by atoms with E-state index >= 15 is 0 Å². The summed E-state index contributed by atoms with van der Waals surface area (Å²) < 4.78 is 25.8. The molecular weight excluding hydrogens is 769 g/mol. The Balaban J connectivity index is 1.37. The van der Waals surface area contributed by atoms with Crippen molar-refractivity contribution in [1.82, 2.24) is 0 Å². The number of hydrogen-bond acceptors (Lipinski definition) is 6. The lowest BCUT2D eigenvalue weighted by Crippen LogP contribution is -2.57. The third-order valence-corrected chi connectivity index (χ3v) is 15.4. The molecule has 1 fully saturated rings. The monoisotopic (exact) mass is 845 g/mol. The minimum atomic E-state index is -0.889. The molecule has 6 nitrogen and oxygen atoms in total. The normalized spacial score (nSPS) is 14.6. The van der Waals surface area contributed by atoms with Crippen LogP contribution in [0.4, 0.5) is 0 Å². The number of benzene rings is 4. The molecule has 0 saturated heterocycles. The summed E-state index contributed by atoms with van der Waals surface area (Å²) in [7, 11) is 0. The SMILES string of the molecule is CCC(C)(CC)Oc1ccc(-c2ccc(OC(=O)C(CC)(CC)C(CC)(CC)Oc3ccc(C4(c5ccc(OC(=O)C(C)(CC)CC)cc5)CCCCC4)cc3)c(C)c2)cc1C. The molecule has 5 rings (SSSR count). The Morgan fingerprint density at radius 3 is 1.44 bits per heavy atom. The van der Waals surface area contributed by atoms with Gasteiger partial charge in [-0.2, -0.15) is 0 Å². The van der Waals surface area contributed by atoms with Crippen molar-refractivity contribution in [2.45, 2.75) is 183 Å². The molecule has 62 heavy (non-hydrogen) atoms. The summed E-state index contributed by atoms with van der Waals surface area (Å²) in [6, 6.07) is 29.2. The van der Waals surface area contributed by atoms with Crippen molar-refractivity contribution in [2.75, 3.05) is 0 Å². The molecule has 1 saturated carbocycles. The lowest BCUT2D eigenvalue weighted by atomic mass is 9.65. The van der Waals surface area contributed by atoms with Crippen LogP contribution in [0, 0.1) is 24.7 Å². The van der Waals surface area contributed by atoms with Crippen molar-refractivity contribution in [2.24, 2.45) is 10.8 Å². The summed E-state index contributed by atoms with van der Waals surface area (Å²) in [5.41, 5.74) is 4.12. The molecular formula is C56H76O6. The van der Waals surface area contributed by atoms with Gasteiger partial charge in [0, 0.05) is 5.41 Å². The quantitative estimate of drug-likeness (QED) is 0.0652. The van der Waals surface area contributed by atoms with E-state index in [-0.39, 0.29) is 23.0 Å². The zero-order valence-corrected chi connectivity index (χ0v) is 40.2. The van der Waals surface area contributed by atoms with E-state index in [9.17, 15) is 9.59 Å². The molecule has 0 N–H and O–H groups in total. The molecule has 0 atom stereocenters. The van der Waals surface area contributed by atoms with Gasteiger partial charge in [-0.05, 0) is 174 Å². The predicted molar refractivity (Wildman–Crippen MR) is 255 cm³/mol. The fourth-order valence-corrected chi connectivity index (χ4v) is 9.86. The molecule has 336 valence electrons. The maximum Gasteiger partial charge on any atom is 0.321 e. The molecule has 0 amide bonds. The minimum absolute atomic E-state index is 0.150. The maximum atomic E-state index is 14.7. The van der Waals surface area contributed by atoms with Crippen LogP contribution in [0.15, 0.2) is 84.9 Å². The Morgan fingerprint density at radius 1 is 0.516 bits per heavy atom. The van der Waals surface area contributed by atoms with Gasteiger partial charge in [0.1, 0.15) is 39.6 Å². The summed E-state index contributed by atoms with van der Waals surface area (Å²) in [6.45, 7) is 25.1. The lowest BCUT2D eigenvalue weighted by Gasteiger charge is -2.47. The van der Waals surface area contributed by atoms with Crippen molar-refractivity contribution in [3.63, 3.8) is 0 Å². The van der Waals surface area contributed by atoms with Gasteiger partial charge in [-0.25, -0.2) is 0 Å². The topological polar surface area (TPSA) is 71.1 Å². The molecule has 1 aliphatic rings. The smallest absolute Gasteiger partial charge is 0.321 e. The molecule has 4 aromatic carbocycles. The highest BCUT2D eigenvalue weighted by Crippen LogP contribution is 2.49. The molecule has 0 aromatic heterocycles. The molecule has 0 aliphatic heterocycles. The molecule has 0 heterocycles. The van der Waals surface area contributed by atoms with Crippen LogP contribution in [0.2, 0.25) is 0 Å². The fraction of sp³-hybridized carbons (Fsp3) is 0.536. The summed E-state index contributed by atoms with van der Waals surface area (Å²) >= 11 is 0. The Hall–Kier alpha value is -4.58. The number of hydrogen-bond donors (Lipinski definition) is 0. The Kier molecular flexibility index (Phi) is 15.9. The minimum Gasteiger partial charge on any atom is -0.487 e. The predicted octanol–water partition coefficient (Wildman–Crippen LogP) is 15.3. The van der Waals surface area contributed by atoms with Gasteiger partial charge in [0.25, 0.3) is 0 Å². The Morgan fingerprint density at radius 2 is 1.00 bits per heavy atom. The summed E-state index contributed by atoms with van der Waals surface area (Å²) in [6.07, 6.45) is 11.4. The molecule has 0 unspecified atom stereocenters. The number of carbonyl (C=O) groups excluding carboxylic acids is 2. The Labute approximate surface area is 374 Å². The van der Waals surface area contributed by atoms with E-state index in [1.807, 2.05) is 52.0 Å². The van der Waals surface area contributed by atoms with Crippen LogP contribution in [0.5, 0.6) is 23.0 Å². The van der Waals surface area contributed by atoms with E-state index in [1.54, 1.807) is 0 Å². The number of carbonyl (C=O) groups is 2. The van der Waals surface area contributed by atoms with Crippen LogP contribution in [-0.2, 0) is 15.0 Å². The van der Waals surface area contributed by atoms with Gasteiger partial charge >= 0.3 is 11.9 Å². The van der Waals surface area contributed by atoms with Crippen LogP contribution in [0.3, 0.4) is 0 Å². The van der Waals surface area contributed by atoms with E-state index in [2.05, 4.69) is 116 Å². The summed E-state index contributed by atoms with van der Waals surface area (Å²) in [4.78, 5) is 27.7. The second-order valence-corrected chi connectivity index (χ2v) is 18.6. The molecule has 0 bridgehead atoms. The molecule has 0 spiro atoms. The number of aryl methyl sites for hydroxylation is 2. The largest absolute Gasteiger partial charge is 0.487 e. The van der Waals surface area contributed by atoms with Gasteiger partial charge in [-0.15, -0.1) is 0 Å². The van der Waals surface area contributed by atoms with E-state index in [4.69, 9.17) is 18.9 Å². The van der Waals surface area contributed by atoms with Crippen LogP contribution < -0.4 is 18.9 Å². The van der Waals surface area contributed by atoms with Crippen LogP contribution in [-0.4, -0.2) is 23.1 Å². The highest BCUT2D eigenvalue weighted by molar-refractivity contribution is 5.82. The van der Waals surface area contributed by atoms with Gasteiger partial charge in [0.2, 0.25) is 0 Å². The average molecular weight is 845 g/mol. The third kappa shape index (κ3) is 9.65. The first-order chi connectivity index (χ1) is 29.6. The van der Waals surface area contributed by atoms with Gasteiger partial charge in [-0.3, -0.25) is 9.59 Å². The molecule has 6 heteroatoms. The molecule has 4 aromatic rings. The van der Waals surface area contributed by atoms with E-state index in [1.165, 1.54) is 17.5 Å². The lowest BCUT2D eigenvalue weighted by molar-refractivity contribution is -0.165. The first kappa shape index (κ1) is 48.5. The van der Waals surface area contributed by atoms with Crippen LogP contribution in [0.25, 0.3) is 11.1 Å². The number of ether oxygens (including phenoxy) is 4. The van der Waals surface area contributed by atoms with Crippen molar-refractivity contribution in [1.29, 1.82) is 0 Å². The second kappa shape index (κ2) is 20.3. The highest BCUT2D eigenvalue weighted by Gasteiger charge is 2.56. The third-order valence-electron chi connectivity index (χ3n) is 15.4. The Bertz CT molecular complexity index is 2090. The average Bonchev–Trinajstić information content (AvgIpc) is 3.30. The van der Waals surface area contributed by atoms with Gasteiger partial charge in [0.15, 0.2) is 0 Å². The summed E-state index contributed by atoms with van der Waals surface area (Å²) in [5.74, 6) is 2.39. The van der Waals surface area contributed by atoms with Crippen molar-refractivity contribution >= 4 is 11.9 Å². The summed E-state index contributed by atoms with van der Waals surface area (Å²) in [5, 5.41) is 0. The number of rotatable bonds is 20. The first-order valence-corrected chi connectivity index (χ1v) is 23.9.